The van der Waals surface area contributed by atoms with Crippen LogP contribution < -0.4 is 15.4 Å². The molecule has 23 heteroatoms. The maximum atomic E-state index is 13.7. The molecule has 2 atom stereocenters. The summed E-state index contributed by atoms with van der Waals surface area (Å²) in [6.07, 6.45) is -11.2. The van der Waals surface area contributed by atoms with Gasteiger partial charge in [-0.2, -0.15) is 44.8 Å². The molecule has 64 heavy (non-hydrogen) atoms. The topological polar surface area (TPSA) is 222 Å². The van der Waals surface area contributed by atoms with Gasteiger partial charge in [-0.15, -0.1) is 0 Å². The molecule has 1 aromatic carbocycles. The Kier molecular flexibility index (Phi) is 19.1. The predicted molar refractivity (Wildman–Crippen MR) is 208 cm³/mol. The quantitative estimate of drug-likeness (QED) is 0.0613. The van der Waals surface area contributed by atoms with Gasteiger partial charge < -0.3 is 30.5 Å². The normalized spacial score (nSPS) is 16.3. The third-order valence-corrected chi connectivity index (χ3v) is 9.80. The maximum Gasteiger partial charge on any atom is 0.433 e. The molecule has 1 aliphatic rings. The second-order valence-electron chi connectivity index (χ2n) is 14.7. The van der Waals surface area contributed by atoms with Crippen LogP contribution in [-0.2, 0) is 39.3 Å². The Bertz CT molecular complexity index is 2040. The number of aliphatic carboxylic acids is 2. The van der Waals surface area contributed by atoms with Crippen molar-refractivity contribution in [2.24, 2.45) is 5.73 Å². The first-order valence-corrected chi connectivity index (χ1v) is 20.0. The fraction of sp³-hybridized carbons (Fsp3) is 0.537. The zero-order valence-electron chi connectivity index (χ0n) is 34.5. The van der Waals surface area contributed by atoms with Crippen LogP contribution in [0.15, 0.2) is 36.5 Å². The van der Waals surface area contributed by atoms with Crippen LogP contribution in [0.25, 0.3) is 0 Å². The van der Waals surface area contributed by atoms with Crippen LogP contribution in [0.2, 0.25) is 0 Å². The molecule has 0 fully saturated rings. The molecule has 0 spiro atoms. The molecule has 0 unspecified atom stereocenters. The lowest BCUT2D eigenvalue weighted by molar-refractivity contribution is -0.143. The Hall–Kier alpha value is -5.76. The molecule has 3 heterocycles. The van der Waals surface area contributed by atoms with Gasteiger partial charge in [-0.25, -0.2) is 19.7 Å². The number of alkyl halides is 9. The van der Waals surface area contributed by atoms with Gasteiger partial charge in [-0.1, -0.05) is 19.8 Å². The van der Waals surface area contributed by atoms with Gasteiger partial charge >= 0.3 is 36.6 Å². The molecular formula is C41H47F9N6O8. The van der Waals surface area contributed by atoms with Gasteiger partial charge in [0.05, 0.1) is 53.0 Å². The van der Waals surface area contributed by atoms with Crippen molar-refractivity contribution in [2.45, 2.75) is 121 Å². The molecule has 1 amide bonds. The van der Waals surface area contributed by atoms with Crippen LogP contribution in [0.1, 0.15) is 129 Å². The fourth-order valence-electron chi connectivity index (χ4n) is 6.56. The van der Waals surface area contributed by atoms with E-state index >= 15 is 0 Å². The summed E-state index contributed by atoms with van der Waals surface area (Å²) in [6, 6.07) is 4.29. The number of aromatic nitrogens is 3. The number of hydrogen-bond donors (Lipinski definition) is 4. The SMILES string of the molecule is CC[C@]1(N)C[C@H](c2ncc(OCCCC#N)c(Cc3cc(C(F)(F)F)cc(C(F)(F)F)c3)n2)c2nc(C(F)(F)F)ccc2N1C(=O)O.O=C(O)CCCCCOCCCCCC(=O)O. The van der Waals surface area contributed by atoms with Crippen LogP contribution in [0, 0.1) is 11.3 Å². The number of fused-ring (bicyclic) bond motifs is 1. The fourth-order valence-corrected chi connectivity index (χ4v) is 6.56. The number of carboxylic acids is 2. The highest BCUT2D eigenvalue weighted by Gasteiger charge is 2.48. The minimum absolute atomic E-state index is 0.0341. The molecule has 0 saturated heterocycles. The van der Waals surface area contributed by atoms with E-state index in [4.69, 9.17) is 30.7 Å². The standard InChI is InChI=1S/C29H25F9N6O3.C12H22O5/c1-2-26(40)13-18(23-20(44(26)25(45)46)5-6-22(43-23)29(36,37)38)24-41-14-21(47-8-4-3-7-39)19(42-24)11-15-9-16(27(30,31)32)12-17(10-15)28(33,34)35;13-11(14)7-3-1-5-9-17-10-6-2-4-8-12(15)16/h5-6,9-10,12,14,18H,2-4,8,11,13,40H2,1H3,(H,45,46);1-10H2,(H,13,14)(H,15,16)/t18-,26+;/m0./s1. The molecule has 352 valence electrons. The largest absolute Gasteiger partial charge is 0.490 e. The maximum absolute atomic E-state index is 13.7. The van der Waals surface area contributed by atoms with Gasteiger partial charge in [0.25, 0.3) is 0 Å². The van der Waals surface area contributed by atoms with Crippen molar-refractivity contribution in [1.82, 2.24) is 15.0 Å². The zero-order valence-corrected chi connectivity index (χ0v) is 34.5. The average molecular weight is 923 g/mol. The van der Waals surface area contributed by atoms with E-state index in [1.54, 1.807) is 0 Å². The van der Waals surface area contributed by atoms with Gasteiger partial charge in [0.15, 0.2) is 5.75 Å². The van der Waals surface area contributed by atoms with E-state index in [1.807, 2.05) is 6.07 Å². The lowest BCUT2D eigenvalue weighted by Crippen LogP contribution is -2.61. The van der Waals surface area contributed by atoms with E-state index in [-0.39, 0.29) is 74.2 Å². The number of carbonyl (C=O) groups is 3. The Morgan fingerprint density at radius 2 is 1.41 bits per heavy atom. The van der Waals surface area contributed by atoms with Gasteiger partial charge in [0, 0.05) is 38.9 Å². The number of unbranched alkanes of at least 4 members (excludes halogenated alkanes) is 5. The van der Waals surface area contributed by atoms with Gasteiger partial charge in [0.2, 0.25) is 0 Å². The van der Waals surface area contributed by atoms with E-state index < -0.39 is 82.6 Å². The molecule has 4 rings (SSSR count). The van der Waals surface area contributed by atoms with Crippen molar-refractivity contribution in [1.29, 1.82) is 5.26 Å². The van der Waals surface area contributed by atoms with E-state index in [9.17, 15) is 59.0 Å². The third-order valence-electron chi connectivity index (χ3n) is 9.80. The Morgan fingerprint density at radius 1 is 0.828 bits per heavy atom. The van der Waals surface area contributed by atoms with E-state index in [1.165, 1.54) is 6.92 Å². The Morgan fingerprint density at radius 3 is 1.89 bits per heavy atom. The number of benzene rings is 1. The number of amides is 1. The number of ether oxygens (including phenoxy) is 2. The summed E-state index contributed by atoms with van der Waals surface area (Å²) in [5.74, 6) is -3.25. The first kappa shape index (κ1) is 52.6. The van der Waals surface area contributed by atoms with Crippen LogP contribution in [-0.4, -0.2) is 73.8 Å². The summed E-state index contributed by atoms with van der Waals surface area (Å²) in [7, 11) is 0. The number of pyridine rings is 1. The monoisotopic (exact) mass is 922 g/mol. The van der Waals surface area contributed by atoms with Crippen molar-refractivity contribution in [3.8, 4) is 11.8 Å². The molecule has 0 saturated carbocycles. The van der Waals surface area contributed by atoms with Gasteiger partial charge in [-0.05, 0) is 80.8 Å². The third kappa shape index (κ3) is 15.8. The number of carboxylic acid groups (broad SMARTS) is 3. The minimum Gasteiger partial charge on any atom is -0.490 e. The Balaban J connectivity index is 0.000000541. The number of hydrogen-bond acceptors (Lipinski definition) is 10. The van der Waals surface area contributed by atoms with Crippen LogP contribution in [0.3, 0.4) is 0 Å². The number of halogens is 9. The van der Waals surface area contributed by atoms with Crippen LogP contribution in [0.4, 0.5) is 50.0 Å². The van der Waals surface area contributed by atoms with Gasteiger partial charge in [-0.3, -0.25) is 14.5 Å². The number of nitrogens with two attached hydrogens (primary N) is 1. The molecule has 0 radical (unpaired) electrons. The van der Waals surface area contributed by atoms with Crippen molar-refractivity contribution in [3.63, 3.8) is 0 Å². The Labute approximate surface area is 361 Å². The number of anilines is 1. The molecule has 5 N–H and O–H groups in total. The smallest absolute Gasteiger partial charge is 0.433 e. The first-order chi connectivity index (χ1) is 29.9. The highest BCUT2D eigenvalue weighted by molar-refractivity contribution is 5.89. The van der Waals surface area contributed by atoms with Crippen molar-refractivity contribution < 1.29 is 78.7 Å². The second kappa shape index (κ2) is 23.3. The van der Waals surface area contributed by atoms with Crippen molar-refractivity contribution in [3.05, 3.63) is 76.1 Å². The molecule has 0 aliphatic carbocycles. The number of nitrogens with zero attached hydrogens (tertiary/aromatic N) is 5. The second-order valence-corrected chi connectivity index (χ2v) is 14.7. The average Bonchev–Trinajstić information content (AvgIpc) is 3.20. The molecule has 1 aliphatic heterocycles. The summed E-state index contributed by atoms with van der Waals surface area (Å²) < 4.78 is 133. The highest BCUT2D eigenvalue weighted by atomic mass is 19.4. The van der Waals surface area contributed by atoms with E-state index in [2.05, 4.69) is 15.0 Å². The number of nitriles is 1. The summed E-state index contributed by atoms with van der Waals surface area (Å²) >= 11 is 0. The van der Waals surface area contributed by atoms with Gasteiger partial charge in [0.1, 0.15) is 17.2 Å². The molecule has 0 bridgehead atoms. The zero-order chi connectivity index (χ0) is 47.9. The van der Waals surface area contributed by atoms with E-state index in [0.717, 1.165) is 37.9 Å². The lowest BCUT2D eigenvalue weighted by Gasteiger charge is -2.45. The molecule has 2 aromatic heterocycles. The first-order valence-electron chi connectivity index (χ1n) is 20.0. The van der Waals surface area contributed by atoms with E-state index in [0.29, 0.717) is 49.2 Å². The van der Waals surface area contributed by atoms with Crippen LogP contribution in [0.5, 0.6) is 5.75 Å². The lowest BCUT2D eigenvalue weighted by atomic mass is 9.83. The number of rotatable bonds is 20. The predicted octanol–water partition coefficient (Wildman–Crippen LogP) is 9.58. The van der Waals surface area contributed by atoms with Crippen molar-refractivity contribution in [2.75, 3.05) is 24.7 Å². The minimum atomic E-state index is -5.14. The summed E-state index contributed by atoms with van der Waals surface area (Å²) in [5.41, 5.74) is -1.19. The summed E-state index contributed by atoms with van der Waals surface area (Å²) in [4.78, 5) is 45.5. The molecule has 14 nitrogen and oxygen atoms in total. The summed E-state index contributed by atoms with van der Waals surface area (Å²) in [5, 5.41) is 35.5. The molecule has 3 aromatic rings. The highest BCUT2D eigenvalue weighted by Crippen LogP contribution is 2.46. The molecular weight excluding hydrogens is 875 g/mol. The summed E-state index contributed by atoms with van der Waals surface area (Å²) in [6.45, 7) is 2.75. The van der Waals surface area contributed by atoms with Crippen LogP contribution >= 0.6 is 0 Å². The van der Waals surface area contributed by atoms with Crippen molar-refractivity contribution >= 4 is 23.7 Å².